The normalized spacial score (nSPS) is 22.0. The van der Waals surface area contributed by atoms with Crippen LogP contribution in [0.5, 0.6) is 5.75 Å². The molecule has 0 aliphatic carbocycles. The minimum Gasteiger partial charge on any atom is -0.463 e. The Balaban J connectivity index is 1.58. The molecule has 5 atom stereocenters. The van der Waals surface area contributed by atoms with E-state index in [0.717, 1.165) is 11.1 Å². The molecule has 3 aromatic carbocycles. The van der Waals surface area contributed by atoms with Crippen LogP contribution < -0.4 is 4.74 Å². The number of carbonyl (C=O) groups excluding carboxylic acids is 2. The maximum absolute atomic E-state index is 13.0. The first-order valence-corrected chi connectivity index (χ1v) is 13.6. The summed E-state index contributed by atoms with van der Waals surface area (Å²) in [5.74, 6) is -0.470. The van der Waals surface area contributed by atoms with Crippen LogP contribution in [0.25, 0.3) is 0 Å². The Morgan fingerprint density at radius 1 is 0.854 bits per heavy atom. The zero-order valence-corrected chi connectivity index (χ0v) is 23.6. The van der Waals surface area contributed by atoms with Gasteiger partial charge in [0.2, 0.25) is 0 Å². The third-order valence-corrected chi connectivity index (χ3v) is 6.82. The average molecular weight is 630 g/mol. The van der Waals surface area contributed by atoms with Crippen molar-refractivity contribution < 1.29 is 42.9 Å². The second-order valence-corrected chi connectivity index (χ2v) is 9.94. The second-order valence-electron chi connectivity index (χ2n) is 9.04. The second kappa shape index (κ2) is 14.7. The molecule has 0 unspecified atom stereocenters. The van der Waals surface area contributed by atoms with Gasteiger partial charge >= 0.3 is 12.1 Å². The van der Waals surface area contributed by atoms with Gasteiger partial charge in [-0.3, -0.25) is 14.9 Å². The van der Waals surface area contributed by atoms with E-state index in [9.17, 15) is 19.7 Å². The number of ether oxygens (including phenoxy) is 6. The molecule has 216 valence electrons. The van der Waals surface area contributed by atoms with E-state index in [1.807, 2.05) is 60.7 Å². The fourth-order valence-corrected chi connectivity index (χ4v) is 4.84. The Morgan fingerprint density at radius 2 is 1.41 bits per heavy atom. The van der Waals surface area contributed by atoms with Crippen LogP contribution in [-0.2, 0) is 41.7 Å². The van der Waals surface area contributed by atoms with Crippen LogP contribution in [0.1, 0.15) is 18.1 Å². The topological polar surface area (TPSA) is 133 Å². The standard InChI is InChI=1S/C29H28BrNO10/c1-19(32)36-18-24-25(37-16-20-8-4-2-5-9-20)26(27(28(30)40-24)38-17-21-10-6-3-7-11-21)41-29(33)39-23-14-12-22(13-15-23)31(34)35/h2-15,24-28H,16-18H2,1H3/t24-,25-,26+,27+,28+/m1/s1. The lowest BCUT2D eigenvalue weighted by molar-refractivity contribution is -0.384. The number of carbonyl (C=O) groups is 2. The molecule has 41 heavy (non-hydrogen) atoms. The van der Waals surface area contributed by atoms with E-state index < -0.39 is 46.5 Å². The van der Waals surface area contributed by atoms with E-state index in [1.54, 1.807) is 0 Å². The third kappa shape index (κ3) is 8.82. The smallest absolute Gasteiger partial charge is 0.463 e. The van der Waals surface area contributed by atoms with Gasteiger partial charge < -0.3 is 28.4 Å². The van der Waals surface area contributed by atoms with Gasteiger partial charge in [-0.25, -0.2) is 4.79 Å². The highest BCUT2D eigenvalue weighted by atomic mass is 79.9. The Kier molecular flexibility index (Phi) is 10.8. The van der Waals surface area contributed by atoms with Crippen LogP contribution in [0.3, 0.4) is 0 Å². The van der Waals surface area contributed by atoms with Crippen LogP contribution in [0.4, 0.5) is 10.5 Å². The van der Waals surface area contributed by atoms with Gasteiger partial charge in [0.25, 0.3) is 5.69 Å². The summed E-state index contributed by atoms with van der Waals surface area (Å²) in [6, 6.07) is 23.7. The molecule has 1 heterocycles. The van der Waals surface area contributed by atoms with Crippen molar-refractivity contribution in [3.63, 3.8) is 0 Å². The molecule has 1 aliphatic rings. The van der Waals surface area contributed by atoms with Crippen LogP contribution >= 0.6 is 15.9 Å². The highest BCUT2D eigenvalue weighted by Crippen LogP contribution is 2.33. The highest BCUT2D eigenvalue weighted by molar-refractivity contribution is 9.09. The average Bonchev–Trinajstić information content (AvgIpc) is 2.96. The number of nitro groups is 1. The van der Waals surface area contributed by atoms with Gasteiger partial charge in [-0.1, -0.05) is 76.6 Å². The summed E-state index contributed by atoms with van der Waals surface area (Å²) in [5, 5.41) is 10.2. The first kappa shape index (κ1) is 30.1. The number of hydrogen-bond acceptors (Lipinski definition) is 10. The molecule has 12 heteroatoms. The van der Waals surface area contributed by atoms with E-state index in [1.165, 1.54) is 31.2 Å². The molecular weight excluding hydrogens is 602 g/mol. The first-order valence-electron chi connectivity index (χ1n) is 12.7. The lowest BCUT2D eigenvalue weighted by Gasteiger charge is -2.43. The van der Waals surface area contributed by atoms with E-state index in [-0.39, 0.29) is 31.3 Å². The van der Waals surface area contributed by atoms with Crippen molar-refractivity contribution in [1.82, 2.24) is 0 Å². The summed E-state index contributed by atoms with van der Waals surface area (Å²) >= 11 is 3.48. The number of nitro benzene ring substituents is 1. The zero-order chi connectivity index (χ0) is 29.2. The molecule has 3 aromatic rings. The molecule has 0 aromatic heterocycles. The minimum absolute atomic E-state index is 0.0445. The first-order chi connectivity index (χ1) is 19.8. The Hall–Kier alpha value is -3.84. The van der Waals surface area contributed by atoms with Gasteiger partial charge in [0.15, 0.2) is 6.10 Å². The SMILES string of the molecule is CC(=O)OC[C@H]1O[C@H](Br)[C@@H](OCc2ccccc2)[C@@H](OC(=O)Oc2ccc([N+](=O)[O-])cc2)[C@@H]1OCc1ccccc1. The van der Waals surface area contributed by atoms with E-state index in [2.05, 4.69) is 15.9 Å². The summed E-state index contributed by atoms with van der Waals surface area (Å²) < 4.78 is 34.8. The van der Waals surface area contributed by atoms with Crippen LogP contribution in [-0.4, -0.2) is 53.1 Å². The monoisotopic (exact) mass is 629 g/mol. The zero-order valence-electron chi connectivity index (χ0n) is 22.0. The van der Waals surface area contributed by atoms with Gasteiger partial charge in [0.1, 0.15) is 35.7 Å². The number of rotatable bonds is 11. The lowest BCUT2D eigenvalue weighted by Crippen LogP contribution is -2.60. The van der Waals surface area contributed by atoms with Crippen molar-refractivity contribution in [2.75, 3.05) is 6.61 Å². The fraction of sp³-hybridized carbons (Fsp3) is 0.310. The van der Waals surface area contributed by atoms with Gasteiger partial charge in [0.05, 0.1) is 18.1 Å². The molecule has 0 N–H and O–H groups in total. The third-order valence-electron chi connectivity index (χ3n) is 6.08. The minimum atomic E-state index is -1.08. The molecular formula is C29H28BrNO10. The maximum Gasteiger partial charge on any atom is 0.514 e. The maximum atomic E-state index is 13.0. The van der Waals surface area contributed by atoms with Crippen LogP contribution in [0, 0.1) is 10.1 Å². The molecule has 0 amide bonds. The molecule has 0 saturated carbocycles. The molecule has 0 radical (unpaired) electrons. The lowest BCUT2D eigenvalue weighted by atomic mass is 9.99. The Morgan fingerprint density at radius 3 is 1.95 bits per heavy atom. The van der Waals surface area contributed by atoms with E-state index in [4.69, 9.17) is 28.4 Å². The summed E-state index contributed by atoms with van der Waals surface area (Å²) in [4.78, 5) is 35.0. The number of hydrogen-bond donors (Lipinski definition) is 0. The van der Waals surface area contributed by atoms with Crippen molar-refractivity contribution >= 4 is 33.7 Å². The van der Waals surface area contributed by atoms with E-state index in [0.29, 0.717) is 0 Å². The summed E-state index contributed by atoms with van der Waals surface area (Å²) in [7, 11) is 0. The highest BCUT2D eigenvalue weighted by Gasteiger charge is 2.49. The number of nitrogens with zero attached hydrogens (tertiary/aromatic N) is 1. The van der Waals surface area contributed by atoms with Gasteiger partial charge in [-0.05, 0) is 23.3 Å². The number of halogens is 1. The quantitative estimate of drug-likeness (QED) is 0.0900. The molecule has 11 nitrogen and oxygen atoms in total. The number of non-ortho nitro benzene ring substituents is 1. The Labute approximate surface area is 244 Å². The molecule has 1 fully saturated rings. The van der Waals surface area contributed by atoms with Crippen molar-refractivity contribution in [2.24, 2.45) is 0 Å². The summed E-state index contributed by atoms with van der Waals surface area (Å²) in [5.41, 5.74) is 1.58. The van der Waals surface area contributed by atoms with Gasteiger partial charge in [-0.2, -0.15) is 0 Å². The number of esters is 1. The summed E-state index contributed by atoms with van der Waals surface area (Å²) in [6.07, 6.45) is -4.80. The van der Waals surface area contributed by atoms with Crippen molar-refractivity contribution in [3.8, 4) is 5.75 Å². The number of benzene rings is 3. The molecule has 0 spiro atoms. The van der Waals surface area contributed by atoms with Crippen LogP contribution in [0.15, 0.2) is 84.9 Å². The van der Waals surface area contributed by atoms with Crippen molar-refractivity contribution in [3.05, 3.63) is 106 Å². The van der Waals surface area contributed by atoms with Crippen molar-refractivity contribution in [1.29, 1.82) is 0 Å². The largest absolute Gasteiger partial charge is 0.514 e. The predicted molar refractivity (Wildman–Crippen MR) is 148 cm³/mol. The molecule has 4 rings (SSSR count). The molecule has 1 aliphatic heterocycles. The van der Waals surface area contributed by atoms with Gasteiger partial charge in [0, 0.05) is 19.1 Å². The Bertz CT molecular complexity index is 1290. The summed E-state index contributed by atoms with van der Waals surface area (Å²) in [6.45, 7) is 1.42. The molecule has 1 saturated heterocycles. The fourth-order valence-electron chi connectivity index (χ4n) is 4.11. The predicted octanol–water partition coefficient (Wildman–Crippen LogP) is 5.33. The van der Waals surface area contributed by atoms with E-state index >= 15 is 0 Å². The number of alkyl halides is 1. The van der Waals surface area contributed by atoms with Crippen LogP contribution in [0.2, 0.25) is 0 Å². The molecule has 0 bridgehead atoms. The van der Waals surface area contributed by atoms with Crippen molar-refractivity contribution in [2.45, 2.75) is 49.6 Å². The van der Waals surface area contributed by atoms with Gasteiger partial charge in [-0.15, -0.1) is 0 Å².